The third-order valence-corrected chi connectivity index (χ3v) is 6.71. The highest BCUT2D eigenvalue weighted by atomic mass is 35.5. The van der Waals surface area contributed by atoms with Gasteiger partial charge in [-0.2, -0.15) is 0 Å². The van der Waals surface area contributed by atoms with E-state index in [-0.39, 0.29) is 36.4 Å². The Hall–Kier alpha value is -3.31. The number of methoxy groups -OCH3 is 1. The molecule has 0 spiro atoms. The number of amides is 1. The Morgan fingerprint density at radius 1 is 0.947 bits per heavy atom. The van der Waals surface area contributed by atoms with Crippen LogP contribution < -0.4 is 10.1 Å². The molecule has 0 saturated heterocycles. The zero-order chi connectivity index (χ0) is 27.9. The van der Waals surface area contributed by atoms with Crippen LogP contribution in [0.4, 0.5) is 0 Å². The van der Waals surface area contributed by atoms with E-state index in [1.54, 1.807) is 12.1 Å². The minimum absolute atomic E-state index is 0.138. The molecule has 0 fully saturated rings. The fourth-order valence-corrected chi connectivity index (χ4v) is 4.54. The summed E-state index contributed by atoms with van der Waals surface area (Å²) in [6, 6.07) is 19.6. The lowest BCUT2D eigenvalue weighted by Crippen LogP contribution is -2.26. The number of carbonyl (C=O) groups is 2. The summed E-state index contributed by atoms with van der Waals surface area (Å²) in [6.07, 6.45) is 1.80. The fraction of sp³-hybridized carbons (Fsp3) is 0.375. The van der Waals surface area contributed by atoms with Crippen molar-refractivity contribution in [3.63, 3.8) is 0 Å². The van der Waals surface area contributed by atoms with Gasteiger partial charge in [0.2, 0.25) is 0 Å². The zero-order valence-corrected chi connectivity index (χ0v) is 23.9. The third kappa shape index (κ3) is 8.35. The van der Waals surface area contributed by atoms with Gasteiger partial charge in [0.05, 0.1) is 13.5 Å². The van der Waals surface area contributed by atoms with Crippen molar-refractivity contribution >= 4 is 23.5 Å². The SMILES string of the molecule is COC(=O)CCNC(=O)c1ccc(C(CCC(C)(C)C)Oc2cc(C)c(-c3ccc(Cl)cc3)c(C)c2)cc1. The van der Waals surface area contributed by atoms with E-state index in [1.807, 2.05) is 36.4 Å². The van der Waals surface area contributed by atoms with Crippen LogP contribution in [-0.4, -0.2) is 25.5 Å². The van der Waals surface area contributed by atoms with E-state index in [9.17, 15) is 9.59 Å². The minimum atomic E-state index is -0.355. The van der Waals surface area contributed by atoms with Gasteiger partial charge in [-0.3, -0.25) is 9.59 Å². The Morgan fingerprint density at radius 3 is 2.11 bits per heavy atom. The van der Waals surface area contributed by atoms with Crippen molar-refractivity contribution < 1.29 is 19.1 Å². The summed E-state index contributed by atoms with van der Waals surface area (Å²) in [5.41, 5.74) is 6.28. The minimum Gasteiger partial charge on any atom is -0.486 e. The van der Waals surface area contributed by atoms with Gasteiger partial charge in [0.25, 0.3) is 5.91 Å². The van der Waals surface area contributed by atoms with Crippen molar-refractivity contribution in [1.29, 1.82) is 0 Å². The maximum absolute atomic E-state index is 12.5. The van der Waals surface area contributed by atoms with Crippen LogP contribution in [0.15, 0.2) is 60.7 Å². The monoisotopic (exact) mass is 535 g/mol. The number of nitrogens with one attached hydrogen (secondary N) is 1. The summed E-state index contributed by atoms with van der Waals surface area (Å²) in [4.78, 5) is 23.8. The smallest absolute Gasteiger partial charge is 0.307 e. The Bertz CT molecular complexity index is 1220. The van der Waals surface area contributed by atoms with E-state index in [1.165, 1.54) is 12.7 Å². The van der Waals surface area contributed by atoms with Crippen LogP contribution in [0.2, 0.25) is 5.02 Å². The summed E-state index contributed by atoms with van der Waals surface area (Å²) >= 11 is 6.09. The molecule has 1 N–H and O–H groups in total. The van der Waals surface area contributed by atoms with Crippen LogP contribution in [0, 0.1) is 19.3 Å². The summed E-state index contributed by atoms with van der Waals surface area (Å²) in [7, 11) is 1.33. The zero-order valence-electron chi connectivity index (χ0n) is 23.2. The number of hydrogen-bond donors (Lipinski definition) is 1. The third-order valence-electron chi connectivity index (χ3n) is 6.46. The molecule has 6 heteroatoms. The molecule has 3 rings (SSSR count). The molecule has 0 aliphatic rings. The molecule has 202 valence electrons. The predicted molar refractivity (Wildman–Crippen MR) is 154 cm³/mol. The number of rotatable bonds is 10. The van der Waals surface area contributed by atoms with Crippen LogP contribution in [0.1, 0.15) is 73.2 Å². The van der Waals surface area contributed by atoms with Gasteiger partial charge in [0, 0.05) is 17.1 Å². The van der Waals surface area contributed by atoms with Crippen LogP contribution in [0.3, 0.4) is 0 Å². The molecule has 0 radical (unpaired) electrons. The summed E-state index contributed by atoms with van der Waals surface area (Å²) < 4.78 is 11.2. The topological polar surface area (TPSA) is 64.6 Å². The number of benzene rings is 3. The molecule has 0 aliphatic heterocycles. The van der Waals surface area contributed by atoms with Crippen molar-refractivity contribution in [3.8, 4) is 16.9 Å². The highest BCUT2D eigenvalue weighted by Crippen LogP contribution is 2.35. The van der Waals surface area contributed by atoms with Crippen molar-refractivity contribution in [1.82, 2.24) is 5.32 Å². The average molecular weight is 536 g/mol. The summed E-state index contributed by atoms with van der Waals surface area (Å²) in [6.45, 7) is 11.1. The first-order valence-electron chi connectivity index (χ1n) is 13.0. The van der Waals surface area contributed by atoms with Crippen LogP contribution >= 0.6 is 11.6 Å². The van der Waals surface area contributed by atoms with Gasteiger partial charge in [-0.15, -0.1) is 0 Å². The van der Waals surface area contributed by atoms with Gasteiger partial charge < -0.3 is 14.8 Å². The largest absolute Gasteiger partial charge is 0.486 e. The molecule has 1 amide bonds. The summed E-state index contributed by atoms with van der Waals surface area (Å²) in [5.74, 6) is 0.240. The molecule has 3 aromatic rings. The first-order valence-corrected chi connectivity index (χ1v) is 13.3. The van der Waals surface area contributed by atoms with E-state index >= 15 is 0 Å². The summed E-state index contributed by atoms with van der Waals surface area (Å²) in [5, 5.41) is 3.47. The molecule has 1 atom stereocenters. The molecule has 5 nitrogen and oxygen atoms in total. The molecular weight excluding hydrogens is 498 g/mol. The maximum Gasteiger partial charge on any atom is 0.307 e. The van der Waals surface area contributed by atoms with E-state index in [4.69, 9.17) is 16.3 Å². The second-order valence-corrected chi connectivity index (χ2v) is 11.3. The van der Waals surface area contributed by atoms with Crippen molar-refractivity contribution in [2.45, 2.75) is 60.0 Å². The average Bonchev–Trinajstić information content (AvgIpc) is 2.86. The highest BCUT2D eigenvalue weighted by molar-refractivity contribution is 6.30. The molecule has 3 aromatic carbocycles. The van der Waals surface area contributed by atoms with Crippen LogP contribution in [-0.2, 0) is 9.53 Å². The Kier molecular flexibility index (Phi) is 9.98. The lowest BCUT2D eigenvalue weighted by atomic mass is 9.88. The Morgan fingerprint density at radius 2 is 1.55 bits per heavy atom. The second-order valence-electron chi connectivity index (χ2n) is 10.8. The molecule has 0 saturated carbocycles. The van der Waals surface area contributed by atoms with Gasteiger partial charge >= 0.3 is 5.97 Å². The number of carbonyl (C=O) groups excluding carboxylic acids is 2. The molecule has 38 heavy (non-hydrogen) atoms. The van der Waals surface area contributed by atoms with E-state index < -0.39 is 0 Å². The molecule has 0 heterocycles. The van der Waals surface area contributed by atoms with Gasteiger partial charge in [-0.05, 0) is 96.3 Å². The number of hydrogen-bond acceptors (Lipinski definition) is 4. The first-order chi connectivity index (χ1) is 18.0. The van der Waals surface area contributed by atoms with Gasteiger partial charge in [-0.25, -0.2) is 0 Å². The fourth-order valence-electron chi connectivity index (χ4n) is 4.42. The van der Waals surface area contributed by atoms with E-state index in [0.717, 1.165) is 45.9 Å². The second kappa shape index (κ2) is 13.0. The highest BCUT2D eigenvalue weighted by Gasteiger charge is 2.20. The van der Waals surface area contributed by atoms with Gasteiger partial charge in [0.1, 0.15) is 11.9 Å². The van der Waals surface area contributed by atoms with E-state index in [0.29, 0.717) is 5.56 Å². The molecule has 1 unspecified atom stereocenters. The normalized spacial score (nSPS) is 12.1. The molecule has 0 aliphatic carbocycles. The van der Waals surface area contributed by atoms with Crippen LogP contribution in [0.5, 0.6) is 5.75 Å². The van der Waals surface area contributed by atoms with E-state index in [2.05, 4.69) is 56.8 Å². The number of aryl methyl sites for hydroxylation is 2. The van der Waals surface area contributed by atoms with Gasteiger partial charge in [-0.1, -0.05) is 56.6 Å². The van der Waals surface area contributed by atoms with Crippen LogP contribution in [0.25, 0.3) is 11.1 Å². The molecular formula is C32H38ClNO4. The molecule has 0 bridgehead atoms. The molecule has 0 aromatic heterocycles. The predicted octanol–water partition coefficient (Wildman–Crippen LogP) is 7.86. The Balaban J connectivity index is 1.80. The number of halogens is 1. The maximum atomic E-state index is 12.5. The van der Waals surface area contributed by atoms with Crippen molar-refractivity contribution in [2.75, 3.05) is 13.7 Å². The first kappa shape index (κ1) is 29.2. The number of esters is 1. The number of ether oxygens (including phenoxy) is 2. The van der Waals surface area contributed by atoms with Crippen molar-refractivity contribution in [2.24, 2.45) is 5.41 Å². The van der Waals surface area contributed by atoms with Crippen molar-refractivity contribution in [3.05, 3.63) is 87.9 Å². The quantitative estimate of drug-likeness (QED) is 0.268. The standard InChI is InChI=1S/C32H38ClNO4/c1-21-19-27(20-22(2)30(21)24-11-13-26(33)14-12-24)38-28(15-17-32(3,4)5)23-7-9-25(10-8-23)31(36)34-18-16-29(35)37-6/h7-14,19-20,28H,15-18H2,1-6H3,(H,34,36). The Labute approximate surface area is 231 Å². The lowest BCUT2D eigenvalue weighted by molar-refractivity contribution is -0.140. The van der Waals surface area contributed by atoms with Gasteiger partial charge in [0.15, 0.2) is 0 Å². The lowest BCUT2D eigenvalue weighted by Gasteiger charge is -2.25.